The van der Waals surface area contributed by atoms with Crippen molar-refractivity contribution < 1.29 is 9.66 Å². The Balaban J connectivity index is 2.49. The average molecular weight is 192 g/mol. The maximum atomic E-state index is 10.5. The van der Waals surface area contributed by atoms with Crippen molar-refractivity contribution in [1.29, 1.82) is 0 Å². The summed E-state index contributed by atoms with van der Waals surface area (Å²) in [5.74, 6) is 0.598. The Morgan fingerprint density at radius 1 is 1.57 bits per heavy atom. The molecule has 0 saturated carbocycles. The molecule has 0 fully saturated rings. The van der Waals surface area contributed by atoms with Gasteiger partial charge >= 0.3 is 0 Å². The molecule has 0 saturated heterocycles. The third-order valence-corrected chi connectivity index (χ3v) is 1.90. The van der Waals surface area contributed by atoms with Gasteiger partial charge in [-0.1, -0.05) is 0 Å². The van der Waals surface area contributed by atoms with Gasteiger partial charge in [0.05, 0.1) is 10.6 Å². The topological polar surface area (TPSA) is 64.7 Å². The van der Waals surface area contributed by atoms with E-state index in [4.69, 9.17) is 4.74 Å². The molecule has 1 aromatic rings. The Morgan fingerprint density at radius 3 is 3.07 bits per heavy atom. The maximum Gasteiger partial charge on any atom is 0.271 e. The van der Waals surface area contributed by atoms with Crippen LogP contribution in [-0.4, -0.2) is 17.2 Å². The van der Waals surface area contributed by atoms with Crippen molar-refractivity contribution in [3.63, 3.8) is 0 Å². The molecule has 0 spiro atoms. The fourth-order valence-electron chi connectivity index (χ4n) is 1.25. The first-order chi connectivity index (χ1) is 6.66. The summed E-state index contributed by atoms with van der Waals surface area (Å²) >= 11 is 0. The van der Waals surface area contributed by atoms with Crippen LogP contribution in [0.5, 0.6) is 5.75 Å². The van der Waals surface area contributed by atoms with Gasteiger partial charge < -0.3 is 4.74 Å². The van der Waals surface area contributed by atoms with Crippen molar-refractivity contribution in [3.05, 3.63) is 28.3 Å². The summed E-state index contributed by atoms with van der Waals surface area (Å²) < 4.78 is 5.32. The lowest BCUT2D eigenvalue weighted by atomic mass is 10.2. The number of nitro groups is 1. The zero-order valence-corrected chi connectivity index (χ0v) is 7.56. The van der Waals surface area contributed by atoms with E-state index in [1.165, 1.54) is 12.1 Å². The molecular formula is C9H8N2O3. The number of hydrogen-bond donors (Lipinski definition) is 0. The number of aliphatic imine (C=N–C) groups is 1. The van der Waals surface area contributed by atoms with Crippen LogP contribution in [0.1, 0.15) is 6.92 Å². The van der Waals surface area contributed by atoms with Crippen LogP contribution in [0.25, 0.3) is 0 Å². The first-order valence-electron chi connectivity index (χ1n) is 4.12. The van der Waals surface area contributed by atoms with E-state index in [1.54, 1.807) is 6.07 Å². The van der Waals surface area contributed by atoms with E-state index in [1.807, 2.05) is 6.92 Å². The van der Waals surface area contributed by atoms with Crippen LogP contribution in [0.15, 0.2) is 23.2 Å². The van der Waals surface area contributed by atoms with Gasteiger partial charge in [-0.3, -0.25) is 15.1 Å². The van der Waals surface area contributed by atoms with Crippen LogP contribution in [-0.2, 0) is 0 Å². The number of nitrogens with zero attached hydrogens (tertiary/aromatic N) is 2. The van der Waals surface area contributed by atoms with E-state index >= 15 is 0 Å². The number of fused-ring (bicyclic) bond motifs is 1. The highest BCUT2D eigenvalue weighted by molar-refractivity contribution is 5.88. The minimum absolute atomic E-state index is 0.0331. The van der Waals surface area contributed by atoms with E-state index in [0.29, 0.717) is 18.0 Å². The van der Waals surface area contributed by atoms with Gasteiger partial charge in [0.15, 0.2) is 0 Å². The molecule has 0 bridgehead atoms. The second-order valence-corrected chi connectivity index (χ2v) is 3.04. The second-order valence-electron chi connectivity index (χ2n) is 3.04. The second kappa shape index (κ2) is 3.10. The monoisotopic (exact) mass is 192 g/mol. The molecule has 0 radical (unpaired) electrons. The molecule has 2 rings (SSSR count). The molecule has 0 atom stereocenters. The Kier molecular flexibility index (Phi) is 1.92. The fraction of sp³-hybridized carbons (Fsp3) is 0.222. The highest BCUT2D eigenvalue weighted by Gasteiger charge is 2.14. The summed E-state index contributed by atoms with van der Waals surface area (Å²) in [6.07, 6.45) is 0. The lowest BCUT2D eigenvalue weighted by Gasteiger charge is -2.13. The highest BCUT2D eigenvalue weighted by Crippen LogP contribution is 2.33. The summed E-state index contributed by atoms with van der Waals surface area (Å²) in [4.78, 5) is 14.2. The lowest BCUT2D eigenvalue weighted by Crippen LogP contribution is -2.11. The molecule has 72 valence electrons. The third kappa shape index (κ3) is 1.44. The van der Waals surface area contributed by atoms with Crippen LogP contribution >= 0.6 is 0 Å². The molecule has 0 aromatic heterocycles. The zero-order chi connectivity index (χ0) is 10.1. The van der Waals surface area contributed by atoms with Crippen molar-refractivity contribution in [2.24, 2.45) is 4.99 Å². The predicted octanol–water partition coefficient (Wildman–Crippen LogP) is 2.08. The Hall–Kier alpha value is -1.91. The molecule has 14 heavy (non-hydrogen) atoms. The number of rotatable bonds is 1. The number of hydrogen-bond acceptors (Lipinski definition) is 4. The summed E-state index contributed by atoms with van der Waals surface area (Å²) in [5.41, 5.74) is 1.38. The maximum absolute atomic E-state index is 10.5. The van der Waals surface area contributed by atoms with Gasteiger partial charge in [-0.05, 0) is 13.0 Å². The van der Waals surface area contributed by atoms with Crippen LogP contribution in [0.2, 0.25) is 0 Å². The SMILES string of the molecule is CC1=Nc2cc([N+](=O)[O-])ccc2OC1. The van der Waals surface area contributed by atoms with Crippen molar-refractivity contribution in [1.82, 2.24) is 0 Å². The van der Waals surface area contributed by atoms with Crippen LogP contribution in [0.4, 0.5) is 11.4 Å². The average Bonchev–Trinajstić information content (AvgIpc) is 2.16. The van der Waals surface area contributed by atoms with Crippen molar-refractivity contribution in [2.45, 2.75) is 6.92 Å². The fourth-order valence-corrected chi connectivity index (χ4v) is 1.25. The molecule has 1 aliphatic rings. The molecule has 0 aliphatic carbocycles. The van der Waals surface area contributed by atoms with Gasteiger partial charge in [0.2, 0.25) is 0 Å². The number of nitro benzene ring substituents is 1. The molecule has 0 amide bonds. The molecule has 1 heterocycles. The Bertz CT molecular complexity index is 426. The van der Waals surface area contributed by atoms with E-state index in [0.717, 1.165) is 5.71 Å². The standard InChI is InChI=1S/C9H8N2O3/c1-6-5-14-9-3-2-7(11(12)13)4-8(9)10-6/h2-4H,5H2,1H3. The molecular weight excluding hydrogens is 184 g/mol. The lowest BCUT2D eigenvalue weighted by molar-refractivity contribution is -0.384. The van der Waals surface area contributed by atoms with Crippen LogP contribution in [0, 0.1) is 10.1 Å². The predicted molar refractivity (Wildman–Crippen MR) is 51.4 cm³/mol. The summed E-state index contributed by atoms with van der Waals surface area (Å²) in [6.45, 7) is 2.27. The Labute approximate surface area is 80.2 Å². The smallest absolute Gasteiger partial charge is 0.271 e. The first-order valence-corrected chi connectivity index (χ1v) is 4.12. The minimum Gasteiger partial charge on any atom is -0.485 e. The largest absolute Gasteiger partial charge is 0.485 e. The molecule has 1 aromatic carbocycles. The van der Waals surface area contributed by atoms with Crippen molar-refractivity contribution >= 4 is 17.1 Å². The van der Waals surface area contributed by atoms with Gasteiger partial charge in [0.1, 0.15) is 18.0 Å². The van der Waals surface area contributed by atoms with Gasteiger partial charge in [0, 0.05) is 12.1 Å². The molecule has 1 aliphatic heterocycles. The van der Waals surface area contributed by atoms with Crippen LogP contribution in [0.3, 0.4) is 0 Å². The van der Waals surface area contributed by atoms with E-state index in [-0.39, 0.29) is 5.69 Å². The summed E-state index contributed by atoms with van der Waals surface area (Å²) in [5, 5.41) is 10.5. The number of ether oxygens (including phenoxy) is 1. The summed E-state index contributed by atoms with van der Waals surface area (Å²) in [6, 6.07) is 4.40. The quantitative estimate of drug-likeness (QED) is 0.505. The minimum atomic E-state index is -0.445. The van der Waals surface area contributed by atoms with E-state index in [2.05, 4.69) is 4.99 Å². The Morgan fingerprint density at radius 2 is 2.36 bits per heavy atom. The number of non-ortho nitro benzene ring substituents is 1. The summed E-state index contributed by atoms with van der Waals surface area (Å²) in [7, 11) is 0. The molecule has 0 unspecified atom stereocenters. The van der Waals surface area contributed by atoms with E-state index < -0.39 is 4.92 Å². The van der Waals surface area contributed by atoms with Gasteiger partial charge in [-0.2, -0.15) is 0 Å². The molecule has 5 nitrogen and oxygen atoms in total. The van der Waals surface area contributed by atoms with Crippen molar-refractivity contribution in [3.8, 4) is 5.75 Å². The van der Waals surface area contributed by atoms with E-state index in [9.17, 15) is 10.1 Å². The highest BCUT2D eigenvalue weighted by atomic mass is 16.6. The third-order valence-electron chi connectivity index (χ3n) is 1.90. The van der Waals surface area contributed by atoms with Crippen molar-refractivity contribution in [2.75, 3.05) is 6.61 Å². The van der Waals surface area contributed by atoms with Gasteiger partial charge in [-0.25, -0.2) is 0 Å². The number of benzene rings is 1. The van der Waals surface area contributed by atoms with Gasteiger partial charge in [-0.15, -0.1) is 0 Å². The zero-order valence-electron chi connectivity index (χ0n) is 7.56. The molecule has 0 N–H and O–H groups in total. The first kappa shape index (κ1) is 8.68. The molecule has 5 heteroatoms. The van der Waals surface area contributed by atoms with Crippen LogP contribution < -0.4 is 4.74 Å². The normalized spacial score (nSPS) is 13.9. The van der Waals surface area contributed by atoms with Gasteiger partial charge in [0.25, 0.3) is 5.69 Å².